The molecular formula is C22H26O3. The van der Waals surface area contributed by atoms with Crippen molar-refractivity contribution in [3.8, 4) is 11.5 Å². The molecule has 3 nitrogen and oxygen atoms in total. The van der Waals surface area contributed by atoms with Gasteiger partial charge in [-0.25, -0.2) is 0 Å². The molecule has 0 aliphatic carbocycles. The summed E-state index contributed by atoms with van der Waals surface area (Å²) in [7, 11) is 0. The predicted octanol–water partition coefficient (Wildman–Crippen LogP) is 5.75. The average Bonchev–Trinajstić information content (AvgIpc) is 2.67. The first-order chi connectivity index (χ1) is 12.4. The van der Waals surface area contributed by atoms with E-state index in [-0.39, 0.29) is 0 Å². The largest absolute Gasteiger partial charge is 0.494 e. The quantitative estimate of drug-likeness (QED) is 0.364. The number of para-hydroxylation sites is 2. The van der Waals surface area contributed by atoms with Crippen LogP contribution in [0.15, 0.2) is 85.3 Å². The zero-order chi connectivity index (χ0) is 17.4. The lowest BCUT2D eigenvalue weighted by molar-refractivity contribution is 0.310. The van der Waals surface area contributed by atoms with Gasteiger partial charge in [0.1, 0.15) is 11.5 Å². The van der Waals surface area contributed by atoms with Crippen LogP contribution in [-0.4, -0.2) is 13.2 Å². The lowest BCUT2D eigenvalue weighted by Gasteiger charge is -2.04. The van der Waals surface area contributed by atoms with Crippen molar-refractivity contribution < 1.29 is 14.2 Å². The fraction of sp³-hybridized carbons (Fsp3) is 0.273. The molecule has 0 saturated heterocycles. The van der Waals surface area contributed by atoms with Gasteiger partial charge in [0.2, 0.25) is 0 Å². The molecule has 0 aromatic heterocycles. The number of ether oxygens (including phenoxy) is 3. The number of unbranched alkanes of at least 4 members (excludes halogenated alkanes) is 2. The van der Waals surface area contributed by atoms with Crippen LogP contribution in [-0.2, 0) is 4.74 Å². The summed E-state index contributed by atoms with van der Waals surface area (Å²) >= 11 is 0. The molecule has 0 aliphatic heterocycles. The Bertz CT molecular complexity index is 550. The molecule has 0 radical (unpaired) electrons. The zero-order valence-corrected chi connectivity index (χ0v) is 14.6. The minimum atomic E-state index is 0.714. The maximum Gasteiger partial charge on any atom is 0.119 e. The van der Waals surface area contributed by atoms with Crippen molar-refractivity contribution in [2.45, 2.75) is 25.7 Å². The van der Waals surface area contributed by atoms with Crippen LogP contribution < -0.4 is 9.47 Å². The molecule has 0 spiro atoms. The van der Waals surface area contributed by atoms with Crippen LogP contribution in [0.5, 0.6) is 11.5 Å². The molecule has 25 heavy (non-hydrogen) atoms. The first-order valence-electron chi connectivity index (χ1n) is 8.76. The van der Waals surface area contributed by atoms with E-state index in [9.17, 15) is 0 Å². The fourth-order valence-electron chi connectivity index (χ4n) is 2.11. The Morgan fingerprint density at radius 2 is 1.04 bits per heavy atom. The van der Waals surface area contributed by atoms with Gasteiger partial charge in [0.05, 0.1) is 25.7 Å². The molecule has 3 heteroatoms. The van der Waals surface area contributed by atoms with Crippen molar-refractivity contribution in [3.05, 3.63) is 85.3 Å². The van der Waals surface area contributed by atoms with Gasteiger partial charge >= 0.3 is 0 Å². The molecule has 0 amide bonds. The zero-order valence-electron chi connectivity index (χ0n) is 14.6. The van der Waals surface area contributed by atoms with Crippen LogP contribution in [0, 0.1) is 0 Å². The summed E-state index contributed by atoms with van der Waals surface area (Å²) in [6.07, 6.45) is 11.3. The molecule has 2 aromatic rings. The minimum Gasteiger partial charge on any atom is -0.494 e. The van der Waals surface area contributed by atoms with Gasteiger partial charge in [-0.05, 0) is 62.1 Å². The van der Waals surface area contributed by atoms with E-state index in [4.69, 9.17) is 14.2 Å². The molecule has 0 atom stereocenters. The molecule has 132 valence electrons. The maximum absolute atomic E-state index is 5.62. The number of hydrogen-bond acceptors (Lipinski definition) is 3. The maximum atomic E-state index is 5.62. The topological polar surface area (TPSA) is 27.7 Å². The van der Waals surface area contributed by atoms with Crippen LogP contribution >= 0.6 is 0 Å². The molecular weight excluding hydrogens is 312 g/mol. The summed E-state index contributed by atoms with van der Waals surface area (Å²) in [5, 5.41) is 0. The molecule has 0 unspecified atom stereocenters. The first kappa shape index (κ1) is 18.7. The van der Waals surface area contributed by atoms with E-state index < -0.39 is 0 Å². The highest BCUT2D eigenvalue weighted by Crippen LogP contribution is 2.09. The van der Waals surface area contributed by atoms with Crippen LogP contribution in [0.25, 0.3) is 0 Å². The number of allylic oxidation sites excluding steroid dienone is 2. The summed E-state index contributed by atoms with van der Waals surface area (Å²) in [5.41, 5.74) is 0. The predicted molar refractivity (Wildman–Crippen MR) is 102 cm³/mol. The van der Waals surface area contributed by atoms with E-state index in [0.29, 0.717) is 13.2 Å². The third-order valence-electron chi connectivity index (χ3n) is 3.40. The van der Waals surface area contributed by atoms with Gasteiger partial charge in [-0.3, -0.25) is 0 Å². The van der Waals surface area contributed by atoms with Crippen LogP contribution in [0.2, 0.25) is 0 Å². The van der Waals surface area contributed by atoms with E-state index >= 15 is 0 Å². The standard InChI is InChI=1S/C22H26O3/c1-5-13-21(14-6-1)24-19-11-3-9-17-23-18-10-4-12-20-25-22-15-7-2-8-16-22/h1-2,5-10,13-18H,3-4,11-12,19-20H2. The monoisotopic (exact) mass is 338 g/mol. The molecule has 2 aromatic carbocycles. The summed E-state index contributed by atoms with van der Waals surface area (Å²) in [6.45, 7) is 1.43. The highest BCUT2D eigenvalue weighted by atomic mass is 16.5. The number of benzene rings is 2. The summed E-state index contributed by atoms with van der Waals surface area (Å²) < 4.78 is 16.6. The minimum absolute atomic E-state index is 0.714. The van der Waals surface area contributed by atoms with Crippen LogP contribution in [0.4, 0.5) is 0 Å². The Kier molecular flexibility index (Phi) is 9.48. The Labute approximate surface area is 150 Å². The Morgan fingerprint density at radius 3 is 1.48 bits per heavy atom. The van der Waals surface area contributed by atoms with E-state index in [1.165, 1.54) is 0 Å². The molecule has 0 bridgehead atoms. The van der Waals surface area contributed by atoms with Gasteiger partial charge in [-0.15, -0.1) is 0 Å². The fourth-order valence-corrected chi connectivity index (χ4v) is 2.11. The number of hydrogen-bond donors (Lipinski definition) is 0. The molecule has 2 rings (SSSR count). The molecule has 0 heterocycles. The van der Waals surface area contributed by atoms with Crippen molar-refractivity contribution in [3.63, 3.8) is 0 Å². The van der Waals surface area contributed by atoms with Gasteiger partial charge < -0.3 is 14.2 Å². The highest BCUT2D eigenvalue weighted by molar-refractivity contribution is 5.21. The van der Waals surface area contributed by atoms with Gasteiger partial charge in [0, 0.05) is 0 Å². The van der Waals surface area contributed by atoms with Crippen molar-refractivity contribution in [2.75, 3.05) is 13.2 Å². The molecule has 0 N–H and O–H groups in total. The molecule has 0 aliphatic rings. The van der Waals surface area contributed by atoms with Gasteiger partial charge in [0.25, 0.3) is 0 Å². The summed E-state index contributed by atoms with van der Waals surface area (Å²) in [5.74, 6) is 1.84. The highest BCUT2D eigenvalue weighted by Gasteiger charge is 1.91. The van der Waals surface area contributed by atoms with Gasteiger partial charge in [-0.2, -0.15) is 0 Å². The Hall–Kier alpha value is -2.68. The normalized spacial score (nSPS) is 11.0. The molecule has 0 fully saturated rings. The van der Waals surface area contributed by atoms with Crippen molar-refractivity contribution in [1.29, 1.82) is 0 Å². The smallest absolute Gasteiger partial charge is 0.119 e. The first-order valence-corrected chi connectivity index (χ1v) is 8.76. The Morgan fingerprint density at radius 1 is 0.600 bits per heavy atom. The third-order valence-corrected chi connectivity index (χ3v) is 3.40. The number of rotatable bonds is 12. The van der Waals surface area contributed by atoms with E-state index in [2.05, 4.69) is 0 Å². The lowest BCUT2D eigenvalue weighted by Crippen LogP contribution is -1.96. The second-order valence-electron chi connectivity index (χ2n) is 5.49. The van der Waals surface area contributed by atoms with Gasteiger partial charge in [-0.1, -0.05) is 36.4 Å². The van der Waals surface area contributed by atoms with Crippen LogP contribution in [0.1, 0.15) is 25.7 Å². The lowest BCUT2D eigenvalue weighted by atomic mass is 10.3. The second kappa shape index (κ2) is 12.7. The third kappa shape index (κ3) is 9.26. The SMILES string of the molecule is C(=COC=CCCCOc1ccccc1)CCCOc1ccccc1. The summed E-state index contributed by atoms with van der Waals surface area (Å²) in [6, 6.07) is 19.7. The second-order valence-corrected chi connectivity index (χ2v) is 5.49. The van der Waals surface area contributed by atoms with Crippen molar-refractivity contribution >= 4 is 0 Å². The molecule has 0 saturated carbocycles. The van der Waals surface area contributed by atoms with Crippen molar-refractivity contribution in [2.24, 2.45) is 0 Å². The average molecular weight is 338 g/mol. The Balaban J connectivity index is 1.40. The van der Waals surface area contributed by atoms with Crippen LogP contribution in [0.3, 0.4) is 0 Å². The van der Waals surface area contributed by atoms with Gasteiger partial charge in [0.15, 0.2) is 0 Å². The van der Waals surface area contributed by atoms with E-state index in [1.807, 2.05) is 72.8 Å². The van der Waals surface area contributed by atoms with E-state index in [0.717, 1.165) is 37.2 Å². The summed E-state index contributed by atoms with van der Waals surface area (Å²) in [4.78, 5) is 0. The van der Waals surface area contributed by atoms with Crippen molar-refractivity contribution in [1.82, 2.24) is 0 Å². The van der Waals surface area contributed by atoms with E-state index in [1.54, 1.807) is 12.5 Å².